The van der Waals surface area contributed by atoms with Crippen LogP contribution in [0, 0.1) is 0 Å². The summed E-state index contributed by atoms with van der Waals surface area (Å²) in [4.78, 5) is 24.6. The minimum atomic E-state index is -0.425. The largest absolute Gasteiger partial charge is 0.467 e. The highest BCUT2D eigenvalue weighted by molar-refractivity contribution is 5.85. The van der Waals surface area contributed by atoms with Crippen LogP contribution in [0.3, 0.4) is 0 Å². The summed E-state index contributed by atoms with van der Waals surface area (Å²) in [5.74, 6) is -0.480. The lowest BCUT2D eigenvalue weighted by atomic mass is 10.0. The number of amides is 1. The quantitative estimate of drug-likeness (QED) is 0.630. The second kappa shape index (κ2) is 5.70. The van der Waals surface area contributed by atoms with Crippen LogP contribution < -0.4 is 0 Å². The Kier molecular flexibility index (Phi) is 4.55. The Bertz CT molecular complexity index is 242. The van der Waals surface area contributed by atoms with E-state index in [1.54, 1.807) is 4.90 Å². The van der Waals surface area contributed by atoms with Crippen molar-refractivity contribution in [1.82, 2.24) is 4.90 Å². The van der Waals surface area contributed by atoms with Crippen molar-refractivity contribution in [3.05, 3.63) is 0 Å². The molecule has 0 N–H and O–H groups in total. The topological polar surface area (TPSA) is 55.8 Å². The third-order valence-electron chi connectivity index (χ3n) is 2.56. The molecule has 0 aliphatic carbocycles. The number of carbonyl (C=O) groups excluding carboxylic acids is 2. The molecule has 0 aromatic rings. The van der Waals surface area contributed by atoms with Gasteiger partial charge in [0.2, 0.25) is 5.91 Å². The van der Waals surface area contributed by atoms with E-state index in [4.69, 9.17) is 4.74 Å². The number of esters is 1. The predicted octanol–water partition coefficient (Wildman–Crippen LogP) is 0.187. The van der Waals surface area contributed by atoms with Gasteiger partial charge < -0.3 is 14.4 Å². The number of hydrogen-bond donors (Lipinski definition) is 0. The number of piperidine rings is 1. The summed E-state index contributed by atoms with van der Waals surface area (Å²) in [5, 5.41) is 0. The molecule has 1 fully saturated rings. The second-order valence-corrected chi connectivity index (χ2v) is 3.55. The molecule has 86 valence electrons. The van der Waals surface area contributed by atoms with E-state index >= 15 is 0 Å². The van der Waals surface area contributed by atoms with Crippen LogP contribution in [0.25, 0.3) is 0 Å². The smallest absolute Gasteiger partial charge is 0.328 e. The van der Waals surface area contributed by atoms with Crippen LogP contribution in [0.1, 0.15) is 19.3 Å². The van der Waals surface area contributed by atoms with Crippen molar-refractivity contribution < 1.29 is 19.1 Å². The third-order valence-corrected chi connectivity index (χ3v) is 2.56. The molecule has 0 aromatic carbocycles. The SMILES string of the molecule is COCC(=O)N1CCCCC1C(=O)OC. The molecule has 5 heteroatoms. The molecule has 1 aliphatic heterocycles. The normalized spacial score (nSPS) is 21.2. The summed E-state index contributed by atoms with van der Waals surface area (Å²) in [5.41, 5.74) is 0. The summed E-state index contributed by atoms with van der Waals surface area (Å²) in [6, 6.07) is -0.425. The monoisotopic (exact) mass is 215 g/mol. The van der Waals surface area contributed by atoms with Gasteiger partial charge in [0.1, 0.15) is 12.6 Å². The summed E-state index contributed by atoms with van der Waals surface area (Å²) >= 11 is 0. The number of rotatable bonds is 3. The van der Waals surface area contributed by atoms with Crippen LogP contribution in [-0.4, -0.2) is 50.2 Å². The van der Waals surface area contributed by atoms with Gasteiger partial charge in [-0.2, -0.15) is 0 Å². The molecule has 1 saturated heterocycles. The number of ether oxygens (including phenoxy) is 2. The average Bonchev–Trinajstić information content (AvgIpc) is 2.28. The first-order chi connectivity index (χ1) is 7.20. The first-order valence-corrected chi connectivity index (χ1v) is 5.07. The molecule has 1 aliphatic rings. The molecule has 0 radical (unpaired) electrons. The number of methoxy groups -OCH3 is 2. The van der Waals surface area contributed by atoms with Gasteiger partial charge in [-0.1, -0.05) is 0 Å². The van der Waals surface area contributed by atoms with Crippen LogP contribution in [0.2, 0.25) is 0 Å². The molecule has 1 heterocycles. The summed E-state index contributed by atoms with van der Waals surface area (Å²) in [6.45, 7) is 0.634. The first kappa shape index (κ1) is 12.0. The van der Waals surface area contributed by atoms with Crippen LogP contribution >= 0.6 is 0 Å². The fourth-order valence-corrected chi connectivity index (χ4v) is 1.82. The predicted molar refractivity (Wildman–Crippen MR) is 53.2 cm³/mol. The molecule has 1 unspecified atom stereocenters. The summed E-state index contributed by atoms with van der Waals surface area (Å²) < 4.78 is 9.45. The molecule has 0 spiro atoms. The highest BCUT2D eigenvalue weighted by Crippen LogP contribution is 2.18. The van der Waals surface area contributed by atoms with E-state index < -0.39 is 6.04 Å². The molecular weight excluding hydrogens is 198 g/mol. The fraction of sp³-hybridized carbons (Fsp3) is 0.800. The van der Waals surface area contributed by atoms with Crippen LogP contribution in [-0.2, 0) is 19.1 Å². The molecule has 1 atom stereocenters. The van der Waals surface area contributed by atoms with Gasteiger partial charge in [-0.15, -0.1) is 0 Å². The van der Waals surface area contributed by atoms with Crippen molar-refractivity contribution in [2.75, 3.05) is 27.4 Å². The standard InChI is InChI=1S/C10H17NO4/c1-14-7-9(12)11-6-4-3-5-8(11)10(13)15-2/h8H,3-7H2,1-2H3. The highest BCUT2D eigenvalue weighted by Gasteiger charge is 2.32. The van der Waals surface area contributed by atoms with Gasteiger partial charge in [0.25, 0.3) is 0 Å². The average molecular weight is 215 g/mol. The van der Waals surface area contributed by atoms with Crippen molar-refractivity contribution in [3.63, 3.8) is 0 Å². The lowest BCUT2D eigenvalue weighted by Crippen LogP contribution is -2.49. The number of carbonyl (C=O) groups is 2. The van der Waals surface area contributed by atoms with Crippen molar-refractivity contribution >= 4 is 11.9 Å². The lowest BCUT2D eigenvalue weighted by Gasteiger charge is -2.33. The second-order valence-electron chi connectivity index (χ2n) is 3.55. The Morgan fingerprint density at radius 1 is 1.33 bits per heavy atom. The van der Waals surface area contributed by atoms with Crippen LogP contribution in [0.4, 0.5) is 0 Å². The highest BCUT2D eigenvalue weighted by atomic mass is 16.5. The van der Waals surface area contributed by atoms with Gasteiger partial charge in [-0.05, 0) is 19.3 Å². The van der Waals surface area contributed by atoms with Gasteiger partial charge in [-0.3, -0.25) is 4.79 Å². The molecule has 1 amide bonds. The van der Waals surface area contributed by atoms with Gasteiger partial charge in [-0.25, -0.2) is 4.79 Å². The van der Waals surface area contributed by atoms with Gasteiger partial charge in [0, 0.05) is 13.7 Å². The Balaban J connectivity index is 2.65. The maximum absolute atomic E-state index is 11.6. The number of likely N-dealkylation sites (tertiary alicyclic amines) is 1. The Labute approximate surface area is 89.3 Å². The van der Waals surface area contributed by atoms with Crippen molar-refractivity contribution in [2.45, 2.75) is 25.3 Å². The molecular formula is C10H17NO4. The fourth-order valence-electron chi connectivity index (χ4n) is 1.82. The Hall–Kier alpha value is -1.10. The Morgan fingerprint density at radius 3 is 2.67 bits per heavy atom. The number of hydrogen-bond acceptors (Lipinski definition) is 4. The zero-order valence-electron chi connectivity index (χ0n) is 9.19. The molecule has 5 nitrogen and oxygen atoms in total. The van der Waals surface area contributed by atoms with Crippen molar-refractivity contribution in [3.8, 4) is 0 Å². The first-order valence-electron chi connectivity index (χ1n) is 5.07. The molecule has 0 saturated carbocycles. The molecule has 0 bridgehead atoms. The lowest BCUT2D eigenvalue weighted by molar-refractivity contribution is -0.156. The van der Waals surface area contributed by atoms with E-state index in [0.29, 0.717) is 13.0 Å². The summed E-state index contributed by atoms with van der Waals surface area (Å²) in [6.07, 6.45) is 2.57. The summed E-state index contributed by atoms with van der Waals surface area (Å²) in [7, 11) is 2.81. The minimum absolute atomic E-state index is 0.0213. The zero-order chi connectivity index (χ0) is 11.3. The van der Waals surface area contributed by atoms with E-state index in [2.05, 4.69) is 4.74 Å². The van der Waals surface area contributed by atoms with Crippen molar-refractivity contribution in [1.29, 1.82) is 0 Å². The van der Waals surface area contributed by atoms with E-state index in [9.17, 15) is 9.59 Å². The van der Waals surface area contributed by atoms with Crippen LogP contribution in [0.15, 0.2) is 0 Å². The van der Waals surface area contributed by atoms with E-state index in [0.717, 1.165) is 12.8 Å². The van der Waals surface area contributed by atoms with Crippen molar-refractivity contribution in [2.24, 2.45) is 0 Å². The van der Waals surface area contributed by atoms with E-state index in [-0.39, 0.29) is 18.5 Å². The minimum Gasteiger partial charge on any atom is -0.467 e. The van der Waals surface area contributed by atoms with E-state index in [1.165, 1.54) is 14.2 Å². The van der Waals surface area contributed by atoms with Gasteiger partial charge >= 0.3 is 5.97 Å². The molecule has 0 aromatic heterocycles. The third kappa shape index (κ3) is 2.92. The maximum Gasteiger partial charge on any atom is 0.328 e. The zero-order valence-corrected chi connectivity index (χ0v) is 9.19. The number of nitrogens with zero attached hydrogens (tertiary/aromatic N) is 1. The van der Waals surface area contributed by atoms with Crippen LogP contribution in [0.5, 0.6) is 0 Å². The van der Waals surface area contributed by atoms with E-state index in [1.807, 2.05) is 0 Å². The molecule has 15 heavy (non-hydrogen) atoms. The maximum atomic E-state index is 11.6. The molecule has 1 rings (SSSR count). The Morgan fingerprint density at radius 2 is 2.07 bits per heavy atom. The van der Waals surface area contributed by atoms with Gasteiger partial charge in [0.15, 0.2) is 0 Å². The van der Waals surface area contributed by atoms with Gasteiger partial charge in [0.05, 0.1) is 7.11 Å².